The lowest BCUT2D eigenvalue weighted by atomic mass is 10.4. The molecular formula is C10H10O5. The van der Waals surface area contributed by atoms with E-state index in [1.807, 2.05) is 0 Å². The average Bonchev–Trinajstić information content (AvgIpc) is 2.59. The van der Waals surface area contributed by atoms with Crippen LogP contribution in [-0.4, -0.2) is 17.0 Å². The predicted molar refractivity (Wildman–Crippen MR) is 50.8 cm³/mol. The van der Waals surface area contributed by atoms with E-state index in [1.54, 1.807) is 12.1 Å². The molecule has 0 saturated carbocycles. The van der Waals surface area contributed by atoms with E-state index in [0.29, 0.717) is 11.5 Å². The van der Waals surface area contributed by atoms with E-state index in [2.05, 4.69) is 0 Å². The van der Waals surface area contributed by atoms with Gasteiger partial charge in [0.05, 0.1) is 0 Å². The smallest absolute Gasteiger partial charge is 0.328 e. The molecule has 1 heterocycles. The molecule has 15 heavy (non-hydrogen) atoms. The quantitative estimate of drug-likeness (QED) is 0.601. The molecule has 0 radical (unpaired) electrons. The van der Waals surface area contributed by atoms with Crippen LogP contribution in [0.25, 0.3) is 6.08 Å². The minimum atomic E-state index is -1.05. The van der Waals surface area contributed by atoms with Gasteiger partial charge in [0.15, 0.2) is 0 Å². The van der Waals surface area contributed by atoms with Crippen molar-refractivity contribution in [2.45, 2.75) is 13.5 Å². The fraction of sp³-hybridized carbons (Fsp3) is 0.200. The zero-order chi connectivity index (χ0) is 11.3. The van der Waals surface area contributed by atoms with Gasteiger partial charge in [0.1, 0.15) is 18.1 Å². The number of hydrogen-bond donors (Lipinski definition) is 1. The van der Waals surface area contributed by atoms with Crippen molar-refractivity contribution >= 4 is 18.0 Å². The molecule has 0 aliphatic carbocycles. The Labute approximate surface area is 86.0 Å². The summed E-state index contributed by atoms with van der Waals surface area (Å²) in [6, 6.07) is 3.21. The molecule has 0 unspecified atom stereocenters. The number of carboxylic acids is 1. The highest BCUT2D eigenvalue weighted by Crippen LogP contribution is 2.10. The fourth-order valence-electron chi connectivity index (χ4n) is 0.888. The summed E-state index contributed by atoms with van der Waals surface area (Å²) in [4.78, 5) is 20.7. The molecule has 1 N–H and O–H groups in total. The van der Waals surface area contributed by atoms with Crippen LogP contribution in [0.2, 0.25) is 0 Å². The maximum atomic E-state index is 10.5. The summed E-state index contributed by atoms with van der Waals surface area (Å²) in [5.41, 5.74) is 0. The number of esters is 1. The average molecular weight is 210 g/mol. The topological polar surface area (TPSA) is 76.7 Å². The molecule has 1 rings (SSSR count). The van der Waals surface area contributed by atoms with E-state index in [4.69, 9.17) is 14.3 Å². The lowest BCUT2D eigenvalue weighted by molar-refractivity contribution is -0.142. The van der Waals surface area contributed by atoms with Crippen molar-refractivity contribution in [2.24, 2.45) is 0 Å². The number of aliphatic carboxylic acids is 1. The number of rotatable bonds is 4. The first-order valence-corrected chi connectivity index (χ1v) is 4.21. The van der Waals surface area contributed by atoms with E-state index in [-0.39, 0.29) is 6.61 Å². The molecule has 0 fully saturated rings. The maximum absolute atomic E-state index is 10.5. The first-order valence-electron chi connectivity index (χ1n) is 4.21. The highest BCUT2D eigenvalue weighted by Gasteiger charge is 2.01. The molecule has 0 saturated heterocycles. The molecule has 0 bridgehead atoms. The Balaban J connectivity index is 2.56. The van der Waals surface area contributed by atoms with Gasteiger partial charge in [-0.25, -0.2) is 4.79 Å². The van der Waals surface area contributed by atoms with Gasteiger partial charge < -0.3 is 14.3 Å². The summed E-state index contributed by atoms with van der Waals surface area (Å²) in [6.45, 7) is 1.35. The highest BCUT2D eigenvalue weighted by atomic mass is 16.5. The first kappa shape index (κ1) is 11.0. The van der Waals surface area contributed by atoms with Crippen LogP contribution in [0.15, 0.2) is 22.6 Å². The van der Waals surface area contributed by atoms with Crippen molar-refractivity contribution in [2.75, 3.05) is 0 Å². The van der Waals surface area contributed by atoms with Gasteiger partial charge in [-0.2, -0.15) is 0 Å². The Morgan fingerprint density at radius 3 is 2.87 bits per heavy atom. The third-order valence-electron chi connectivity index (χ3n) is 1.49. The van der Waals surface area contributed by atoms with Crippen LogP contribution in [0.5, 0.6) is 0 Å². The summed E-state index contributed by atoms with van der Waals surface area (Å²) in [5.74, 6) is -0.572. The fourth-order valence-corrected chi connectivity index (χ4v) is 0.888. The zero-order valence-corrected chi connectivity index (χ0v) is 8.10. The molecule has 1 aromatic rings. The normalized spacial score (nSPS) is 10.5. The molecule has 0 amide bonds. The van der Waals surface area contributed by atoms with Gasteiger partial charge in [-0.05, 0) is 18.2 Å². The van der Waals surface area contributed by atoms with Crippen LogP contribution in [0.4, 0.5) is 0 Å². The van der Waals surface area contributed by atoms with Crippen LogP contribution in [0, 0.1) is 0 Å². The molecule has 0 aliphatic heterocycles. The second-order valence-electron chi connectivity index (χ2n) is 2.76. The predicted octanol–water partition coefficient (Wildman–Crippen LogP) is 1.44. The number of hydrogen-bond acceptors (Lipinski definition) is 4. The highest BCUT2D eigenvalue weighted by molar-refractivity contribution is 5.84. The van der Waals surface area contributed by atoms with E-state index in [0.717, 1.165) is 6.08 Å². The van der Waals surface area contributed by atoms with Gasteiger partial charge in [-0.15, -0.1) is 0 Å². The Bertz CT molecular complexity index is 388. The molecule has 5 heteroatoms. The van der Waals surface area contributed by atoms with E-state index in [9.17, 15) is 9.59 Å². The summed E-state index contributed by atoms with van der Waals surface area (Å²) < 4.78 is 9.85. The van der Waals surface area contributed by atoms with Crippen molar-refractivity contribution < 1.29 is 23.8 Å². The van der Waals surface area contributed by atoms with Crippen molar-refractivity contribution in [1.82, 2.24) is 0 Å². The molecule has 80 valence electrons. The minimum absolute atomic E-state index is 0.0518. The summed E-state index contributed by atoms with van der Waals surface area (Å²) in [5, 5.41) is 8.36. The molecule has 5 nitrogen and oxygen atoms in total. The van der Waals surface area contributed by atoms with Crippen molar-refractivity contribution in [3.05, 3.63) is 29.7 Å². The van der Waals surface area contributed by atoms with Gasteiger partial charge in [0.25, 0.3) is 0 Å². The SMILES string of the molecule is CC(=O)OCc1ccc(C=CC(=O)O)o1. The van der Waals surface area contributed by atoms with E-state index >= 15 is 0 Å². The van der Waals surface area contributed by atoms with Crippen LogP contribution >= 0.6 is 0 Å². The van der Waals surface area contributed by atoms with Crippen molar-refractivity contribution in [3.63, 3.8) is 0 Å². The second-order valence-corrected chi connectivity index (χ2v) is 2.76. The number of ether oxygens (including phenoxy) is 1. The zero-order valence-electron chi connectivity index (χ0n) is 8.10. The van der Waals surface area contributed by atoms with Crippen molar-refractivity contribution in [3.8, 4) is 0 Å². The standard InChI is InChI=1S/C10H10O5/c1-7(11)14-6-9-3-2-8(15-9)4-5-10(12)13/h2-5H,6H2,1H3,(H,12,13). The number of carboxylic acid groups (broad SMARTS) is 1. The lowest BCUT2D eigenvalue weighted by Crippen LogP contribution is -1.97. The van der Waals surface area contributed by atoms with Gasteiger partial charge >= 0.3 is 11.9 Å². The largest absolute Gasteiger partial charge is 0.478 e. The Morgan fingerprint density at radius 1 is 1.53 bits per heavy atom. The molecule has 0 spiro atoms. The lowest BCUT2D eigenvalue weighted by Gasteiger charge is -1.96. The number of carbonyl (C=O) groups excluding carboxylic acids is 1. The molecule has 1 aromatic heterocycles. The van der Waals surface area contributed by atoms with Crippen LogP contribution < -0.4 is 0 Å². The van der Waals surface area contributed by atoms with E-state index < -0.39 is 11.9 Å². The van der Waals surface area contributed by atoms with Gasteiger partial charge in [0.2, 0.25) is 0 Å². The molecular weight excluding hydrogens is 200 g/mol. The number of carbonyl (C=O) groups is 2. The van der Waals surface area contributed by atoms with Crippen LogP contribution in [-0.2, 0) is 20.9 Å². The Morgan fingerprint density at radius 2 is 2.27 bits per heavy atom. The maximum Gasteiger partial charge on any atom is 0.328 e. The third kappa shape index (κ3) is 4.12. The molecule has 0 aliphatic rings. The molecule has 0 atom stereocenters. The third-order valence-corrected chi connectivity index (χ3v) is 1.49. The Kier molecular flexibility index (Phi) is 3.68. The van der Waals surface area contributed by atoms with Gasteiger partial charge in [0, 0.05) is 13.0 Å². The van der Waals surface area contributed by atoms with Gasteiger partial charge in [-0.3, -0.25) is 4.79 Å². The van der Waals surface area contributed by atoms with Crippen LogP contribution in [0.1, 0.15) is 18.4 Å². The minimum Gasteiger partial charge on any atom is -0.478 e. The summed E-state index contributed by atoms with van der Waals surface area (Å²) in [6.07, 6.45) is 2.29. The second kappa shape index (κ2) is 4.99. The van der Waals surface area contributed by atoms with Crippen molar-refractivity contribution in [1.29, 1.82) is 0 Å². The summed E-state index contributed by atoms with van der Waals surface area (Å²) >= 11 is 0. The summed E-state index contributed by atoms with van der Waals surface area (Å²) in [7, 11) is 0. The molecule has 0 aromatic carbocycles. The monoisotopic (exact) mass is 210 g/mol. The van der Waals surface area contributed by atoms with E-state index in [1.165, 1.54) is 13.0 Å². The van der Waals surface area contributed by atoms with Gasteiger partial charge in [-0.1, -0.05) is 0 Å². The van der Waals surface area contributed by atoms with Crippen LogP contribution in [0.3, 0.4) is 0 Å². The number of furan rings is 1. The first-order chi connectivity index (χ1) is 7.08. The Hall–Kier alpha value is -2.04.